The zero-order valence-electron chi connectivity index (χ0n) is 9.48. The van der Waals surface area contributed by atoms with Gasteiger partial charge in [0.15, 0.2) is 0 Å². The number of aliphatic hydroxyl groups is 1. The Bertz CT molecular complexity index is 551. The summed E-state index contributed by atoms with van der Waals surface area (Å²) in [4.78, 5) is 0. The first-order valence-electron chi connectivity index (χ1n) is 5.12. The fourth-order valence-corrected chi connectivity index (χ4v) is 1.95. The van der Waals surface area contributed by atoms with Crippen LogP contribution in [0.2, 0.25) is 10.0 Å². The number of aryl methyl sites for hydroxylation is 1. The van der Waals surface area contributed by atoms with Crippen molar-refractivity contribution in [3.63, 3.8) is 0 Å². The van der Waals surface area contributed by atoms with Crippen LogP contribution >= 0.6 is 23.2 Å². The maximum absolute atomic E-state index is 10.2. The second-order valence-electron chi connectivity index (χ2n) is 3.89. The number of halogens is 2. The fourth-order valence-electron chi connectivity index (χ4n) is 1.65. The van der Waals surface area contributed by atoms with Crippen molar-refractivity contribution < 1.29 is 5.11 Å². The molecule has 0 radical (unpaired) electrons. The lowest BCUT2D eigenvalue weighted by molar-refractivity contribution is 0.219. The van der Waals surface area contributed by atoms with E-state index in [-0.39, 0.29) is 0 Å². The Hall–Kier alpha value is -1.03. The van der Waals surface area contributed by atoms with Crippen molar-refractivity contribution in [1.29, 1.82) is 0 Å². The molecular formula is C12H12Cl2N2O. The van der Waals surface area contributed by atoms with E-state index in [0.717, 1.165) is 11.3 Å². The Labute approximate surface area is 110 Å². The van der Waals surface area contributed by atoms with Crippen molar-refractivity contribution >= 4 is 23.2 Å². The van der Waals surface area contributed by atoms with Gasteiger partial charge in [0.25, 0.3) is 0 Å². The molecule has 0 saturated carbocycles. The number of aliphatic hydroxyl groups excluding tert-OH is 1. The van der Waals surface area contributed by atoms with Gasteiger partial charge in [0.05, 0.1) is 16.2 Å². The Balaban J connectivity index is 2.40. The van der Waals surface area contributed by atoms with Gasteiger partial charge < -0.3 is 5.11 Å². The molecule has 17 heavy (non-hydrogen) atoms. The van der Waals surface area contributed by atoms with Crippen LogP contribution in [0.5, 0.6) is 0 Å². The molecule has 1 heterocycles. The summed E-state index contributed by atoms with van der Waals surface area (Å²) in [5.74, 6) is 0. The smallest absolute Gasteiger partial charge is 0.107 e. The van der Waals surface area contributed by atoms with Gasteiger partial charge in [-0.25, -0.2) is 0 Å². The molecule has 0 aliphatic carbocycles. The van der Waals surface area contributed by atoms with Gasteiger partial charge in [-0.1, -0.05) is 29.3 Å². The van der Waals surface area contributed by atoms with Crippen molar-refractivity contribution in [1.82, 2.24) is 9.78 Å². The van der Waals surface area contributed by atoms with E-state index in [1.165, 1.54) is 0 Å². The molecule has 1 aromatic heterocycles. The molecular weight excluding hydrogens is 259 g/mol. The molecule has 1 atom stereocenters. The summed E-state index contributed by atoms with van der Waals surface area (Å²) in [6.45, 7) is 1.91. The third kappa shape index (κ3) is 2.32. The van der Waals surface area contributed by atoms with Crippen LogP contribution in [0, 0.1) is 6.92 Å². The van der Waals surface area contributed by atoms with Crippen molar-refractivity contribution in [2.45, 2.75) is 13.0 Å². The number of nitrogens with zero attached hydrogens (tertiary/aromatic N) is 2. The van der Waals surface area contributed by atoms with E-state index in [2.05, 4.69) is 5.10 Å². The highest BCUT2D eigenvalue weighted by atomic mass is 35.5. The Morgan fingerprint density at radius 2 is 2.00 bits per heavy atom. The van der Waals surface area contributed by atoms with Crippen molar-refractivity contribution in [2.24, 2.45) is 7.05 Å². The van der Waals surface area contributed by atoms with Crippen LogP contribution in [0.1, 0.15) is 22.9 Å². The van der Waals surface area contributed by atoms with Gasteiger partial charge in [-0.2, -0.15) is 5.10 Å². The summed E-state index contributed by atoms with van der Waals surface area (Å²) >= 11 is 11.8. The Kier molecular flexibility index (Phi) is 3.43. The molecule has 5 heteroatoms. The largest absolute Gasteiger partial charge is 0.384 e. The predicted octanol–water partition coefficient (Wildman–Crippen LogP) is 3.12. The summed E-state index contributed by atoms with van der Waals surface area (Å²) in [6.07, 6.45) is 0.918. The van der Waals surface area contributed by atoms with Crippen LogP contribution in [-0.4, -0.2) is 14.9 Å². The van der Waals surface area contributed by atoms with E-state index in [1.807, 2.05) is 14.0 Å². The van der Waals surface area contributed by atoms with Crippen LogP contribution in [0.4, 0.5) is 0 Å². The number of hydrogen-bond acceptors (Lipinski definition) is 2. The van der Waals surface area contributed by atoms with E-state index >= 15 is 0 Å². The summed E-state index contributed by atoms with van der Waals surface area (Å²) in [7, 11) is 1.83. The first kappa shape index (κ1) is 12.4. The van der Waals surface area contributed by atoms with Crippen LogP contribution in [0.15, 0.2) is 24.4 Å². The third-order valence-electron chi connectivity index (χ3n) is 2.83. The minimum Gasteiger partial charge on any atom is -0.384 e. The molecule has 1 N–H and O–H groups in total. The maximum Gasteiger partial charge on any atom is 0.107 e. The van der Waals surface area contributed by atoms with Crippen LogP contribution in [0.25, 0.3) is 0 Å². The quantitative estimate of drug-likeness (QED) is 0.911. The van der Waals surface area contributed by atoms with Gasteiger partial charge in [0, 0.05) is 18.3 Å². The predicted molar refractivity (Wildman–Crippen MR) is 68.5 cm³/mol. The topological polar surface area (TPSA) is 38.1 Å². The van der Waals surface area contributed by atoms with E-state index in [0.29, 0.717) is 15.6 Å². The molecule has 1 aromatic carbocycles. The van der Waals surface area contributed by atoms with Gasteiger partial charge in [0.1, 0.15) is 6.10 Å². The number of benzene rings is 1. The van der Waals surface area contributed by atoms with Gasteiger partial charge in [-0.3, -0.25) is 4.68 Å². The van der Waals surface area contributed by atoms with Crippen molar-refractivity contribution in [2.75, 3.05) is 0 Å². The molecule has 90 valence electrons. The molecule has 0 aliphatic rings. The second kappa shape index (κ2) is 4.69. The highest BCUT2D eigenvalue weighted by molar-refractivity contribution is 6.42. The monoisotopic (exact) mass is 270 g/mol. The lowest BCUT2D eigenvalue weighted by Crippen LogP contribution is -2.02. The van der Waals surface area contributed by atoms with Gasteiger partial charge in [0.2, 0.25) is 0 Å². The molecule has 0 amide bonds. The Morgan fingerprint density at radius 3 is 2.53 bits per heavy atom. The maximum atomic E-state index is 10.2. The van der Waals surface area contributed by atoms with Gasteiger partial charge in [-0.15, -0.1) is 0 Å². The molecule has 1 unspecified atom stereocenters. The van der Waals surface area contributed by atoms with Crippen LogP contribution in [-0.2, 0) is 7.05 Å². The average molecular weight is 271 g/mol. The highest BCUT2D eigenvalue weighted by Crippen LogP contribution is 2.29. The van der Waals surface area contributed by atoms with E-state index < -0.39 is 6.10 Å². The lowest BCUT2D eigenvalue weighted by atomic mass is 10.0. The second-order valence-corrected chi connectivity index (χ2v) is 4.70. The summed E-state index contributed by atoms with van der Waals surface area (Å²) in [6, 6.07) is 5.10. The zero-order valence-corrected chi connectivity index (χ0v) is 11.0. The molecule has 2 rings (SSSR count). The number of rotatable bonds is 2. The third-order valence-corrected chi connectivity index (χ3v) is 3.57. The summed E-state index contributed by atoms with van der Waals surface area (Å²) in [5.41, 5.74) is 2.39. The van der Waals surface area contributed by atoms with Crippen LogP contribution in [0.3, 0.4) is 0 Å². The SMILES string of the molecule is Cc1c(C(O)c2ccc(Cl)c(Cl)c2)cnn1C. The molecule has 0 saturated heterocycles. The molecule has 0 bridgehead atoms. The molecule has 0 spiro atoms. The standard InChI is InChI=1S/C12H12Cl2N2O/c1-7-9(6-15-16(7)2)12(17)8-3-4-10(13)11(14)5-8/h3-6,12,17H,1-2H3. The summed E-state index contributed by atoms with van der Waals surface area (Å²) in [5, 5.41) is 15.3. The minimum atomic E-state index is -0.738. The van der Waals surface area contributed by atoms with Crippen molar-refractivity contribution in [3.05, 3.63) is 51.3 Å². The minimum absolute atomic E-state index is 0.435. The highest BCUT2D eigenvalue weighted by Gasteiger charge is 2.16. The first-order chi connectivity index (χ1) is 8.00. The van der Waals surface area contributed by atoms with E-state index in [1.54, 1.807) is 29.1 Å². The van der Waals surface area contributed by atoms with Gasteiger partial charge in [-0.05, 0) is 24.6 Å². The van der Waals surface area contributed by atoms with Crippen molar-refractivity contribution in [3.8, 4) is 0 Å². The lowest BCUT2D eigenvalue weighted by Gasteiger charge is -2.11. The van der Waals surface area contributed by atoms with E-state index in [4.69, 9.17) is 23.2 Å². The zero-order chi connectivity index (χ0) is 12.6. The van der Waals surface area contributed by atoms with E-state index in [9.17, 15) is 5.11 Å². The molecule has 0 fully saturated rings. The average Bonchev–Trinajstić information content (AvgIpc) is 2.63. The number of hydrogen-bond donors (Lipinski definition) is 1. The molecule has 2 aromatic rings. The van der Waals surface area contributed by atoms with Crippen LogP contribution < -0.4 is 0 Å². The normalized spacial score (nSPS) is 12.8. The number of aromatic nitrogens is 2. The fraction of sp³-hybridized carbons (Fsp3) is 0.250. The molecule has 3 nitrogen and oxygen atoms in total. The first-order valence-corrected chi connectivity index (χ1v) is 5.88. The summed E-state index contributed by atoms with van der Waals surface area (Å²) < 4.78 is 1.72. The Morgan fingerprint density at radius 1 is 1.29 bits per heavy atom. The molecule has 0 aliphatic heterocycles. The van der Waals surface area contributed by atoms with Gasteiger partial charge >= 0.3 is 0 Å².